The third-order valence-corrected chi connectivity index (χ3v) is 12.8. The molecule has 0 unspecified atom stereocenters. The average molecular weight is 833 g/mol. The maximum absolute atomic E-state index is 13.6. The molecule has 60 heavy (non-hydrogen) atoms. The number of carbonyl (C=O) groups excluding carboxylic acids is 4. The lowest BCUT2D eigenvalue weighted by Gasteiger charge is -2.54. The lowest BCUT2D eigenvalue weighted by atomic mass is 9.72. The predicted octanol–water partition coefficient (Wildman–Crippen LogP) is 4.60. The summed E-state index contributed by atoms with van der Waals surface area (Å²) >= 11 is 6.41. The molecule has 2 atom stereocenters. The minimum Gasteiger partial charge on any atom is -0.385 e. The van der Waals surface area contributed by atoms with E-state index in [1.165, 1.54) is 15.6 Å². The van der Waals surface area contributed by atoms with E-state index >= 15 is 0 Å². The van der Waals surface area contributed by atoms with Gasteiger partial charge in [0.05, 0.1) is 46.2 Å². The Hall–Kier alpha value is -6.20. The van der Waals surface area contributed by atoms with Crippen molar-refractivity contribution in [2.45, 2.75) is 50.9 Å². The lowest BCUT2D eigenvalue weighted by Crippen LogP contribution is -2.60. The largest absolute Gasteiger partial charge is 0.385 e. The standard InChI is InChI=1S/C42H42ClFN12O4/c1-45-32-16-36(51-56-35(20-48-38(32)56)39(58)49-31-15-29(31)44)54-10-6-26-27(18-46-19-34(26)54)30-5-2-24(17-47-30)21-52-22-42(23-52)8-12-53(13-9-42)40(59)25-3-4-28(43)33(14-25)55-11-7-37(57)50-41(55)60/h2-5,14,16-20,29,31,45H,6-13,15,21-23H2,1H3,(H,49,58)(H,50,57,60)/t29-,31+/m0/s1. The second-order valence-electron chi connectivity index (χ2n) is 16.4. The number of carbonyl (C=O) groups is 4. The van der Waals surface area contributed by atoms with Gasteiger partial charge in [0.1, 0.15) is 6.17 Å². The minimum absolute atomic E-state index is 0.0935. The Balaban J connectivity index is 0.767. The molecule has 10 rings (SSSR count). The van der Waals surface area contributed by atoms with Crippen LogP contribution in [-0.2, 0) is 17.8 Å². The molecule has 1 saturated carbocycles. The van der Waals surface area contributed by atoms with Gasteiger partial charge in [-0.25, -0.2) is 18.7 Å². The van der Waals surface area contributed by atoms with Crippen molar-refractivity contribution < 1.29 is 23.6 Å². The van der Waals surface area contributed by atoms with Crippen LogP contribution in [0, 0.1) is 5.41 Å². The van der Waals surface area contributed by atoms with Crippen LogP contribution in [0.25, 0.3) is 16.9 Å². The number of alkyl halides is 1. The summed E-state index contributed by atoms with van der Waals surface area (Å²) in [5.74, 6) is -0.215. The number of nitrogens with one attached hydrogen (secondary N) is 3. The first-order chi connectivity index (χ1) is 29.1. The van der Waals surface area contributed by atoms with Crippen molar-refractivity contribution in [1.29, 1.82) is 0 Å². The van der Waals surface area contributed by atoms with Gasteiger partial charge in [0, 0.05) is 95.3 Å². The Kier molecular flexibility index (Phi) is 9.39. The number of aromatic nitrogens is 5. The lowest BCUT2D eigenvalue weighted by molar-refractivity contribution is -0.120. The maximum atomic E-state index is 13.6. The summed E-state index contributed by atoms with van der Waals surface area (Å²) in [5, 5.41) is 13.4. The molecule has 5 aliphatic rings. The van der Waals surface area contributed by atoms with Crippen LogP contribution < -0.4 is 25.8 Å². The summed E-state index contributed by atoms with van der Waals surface area (Å²) in [6, 6.07) is 10.0. The number of urea groups is 1. The van der Waals surface area contributed by atoms with Crippen molar-refractivity contribution in [3.63, 3.8) is 0 Å². The number of likely N-dealkylation sites (tertiary alicyclic amines) is 2. The topological polar surface area (TPSA) is 173 Å². The number of hydrogen-bond acceptors (Lipinski definition) is 11. The molecule has 3 saturated heterocycles. The highest BCUT2D eigenvalue weighted by molar-refractivity contribution is 6.34. The van der Waals surface area contributed by atoms with Crippen LogP contribution >= 0.6 is 11.6 Å². The number of imide groups is 1. The van der Waals surface area contributed by atoms with Crippen LogP contribution in [0.15, 0.2) is 61.2 Å². The van der Waals surface area contributed by atoms with Gasteiger partial charge in [-0.3, -0.25) is 39.5 Å². The molecule has 1 aliphatic carbocycles. The highest BCUT2D eigenvalue weighted by Crippen LogP contribution is 2.42. The summed E-state index contributed by atoms with van der Waals surface area (Å²) in [6.07, 6.45) is 9.12. The molecule has 3 N–H and O–H groups in total. The zero-order chi connectivity index (χ0) is 41.3. The molecule has 1 spiro atoms. The SMILES string of the molecule is CNc1cc(N2CCc3c(-c4ccc(CN5CC6(CCN(C(=O)c7ccc(Cl)c(N8CCC(=O)NC8=O)c7)CC6)C5)cn4)cncc32)nn2c(C(=O)N[C@@H]3C[C@@H]3F)cnc12. The van der Waals surface area contributed by atoms with E-state index < -0.39 is 24.2 Å². The molecule has 0 bridgehead atoms. The first-order valence-corrected chi connectivity index (χ1v) is 20.6. The van der Waals surface area contributed by atoms with Crippen LogP contribution in [0.3, 0.4) is 0 Å². The molecule has 0 radical (unpaired) electrons. The highest BCUT2D eigenvalue weighted by Gasteiger charge is 2.45. The molecule has 1 aromatic carbocycles. The number of benzene rings is 1. The zero-order valence-electron chi connectivity index (χ0n) is 32.8. The van der Waals surface area contributed by atoms with Gasteiger partial charge >= 0.3 is 6.03 Å². The van der Waals surface area contributed by atoms with E-state index in [-0.39, 0.29) is 35.9 Å². The van der Waals surface area contributed by atoms with Crippen molar-refractivity contribution in [3.8, 4) is 11.3 Å². The summed E-state index contributed by atoms with van der Waals surface area (Å²) in [6.45, 7) is 4.85. The predicted molar refractivity (Wildman–Crippen MR) is 221 cm³/mol. The Morgan fingerprint density at radius 2 is 1.75 bits per heavy atom. The van der Waals surface area contributed by atoms with Crippen LogP contribution in [0.4, 0.5) is 32.1 Å². The minimum atomic E-state index is -1.02. The van der Waals surface area contributed by atoms with E-state index in [9.17, 15) is 23.6 Å². The number of imidazole rings is 1. The maximum Gasteiger partial charge on any atom is 0.328 e. The molecule has 8 heterocycles. The van der Waals surface area contributed by atoms with Gasteiger partial charge in [-0.15, -0.1) is 5.10 Å². The fourth-order valence-corrected chi connectivity index (χ4v) is 9.26. The van der Waals surface area contributed by atoms with Gasteiger partial charge in [-0.2, -0.15) is 0 Å². The number of fused-ring (bicyclic) bond motifs is 2. The second-order valence-corrected chi connectivity index (χ2v) is 16.8. The molecular weight excluding hydrogens is 791 g/mol. The first-order valence-electron chi connectivity index (χ1n) is 20.2. The zero-order valence-corrected chi connectivity index (χ0v) is 33.6. The van der Waals surface area contributed by atoms with Gasteiger partial charge in [0.25, 0.3) is 11.8 Å². The summed E-state index contributed by atoms with van der Waals surface area (Å²) in [7, 11) is 1.79. The van der Waals surface area contributed by atoms with E-state index in [4.69, 9.17) is 21.7 Å². The van der Waals surface area contributed by atoms with Crippen molar-refractivity contribution >= 4 is 63.9 Å². The Morgan fingerprint density at radius 3 is 2.48 bits per heavy atom. The monoisotopic (exact) mass is 832 g/mol. The molecule has 4 aliphatic heterocycles. The molecular formula is C42H42ClFN12O4. The van der Waals surface area contributed by atoms with Gasteiger partial charge in [0.2, 0.25) is 5.91 Å². The van der Waals surface area contributed by atoms with Crippen molar-refractivity contribution in [2.75, 3.05) is 61.4 Å². The quantitative estimate of drug-likeness (QED) is 0.190. The third kappa shape index (κ3) is 6.84. The number of piperidine rings is 1. The van der Waals surface area contributed by atoms with Crippen molar-refractivity contribution in [1.82, 2.24) is 45.0 Å². The highest BCUT2D eigenvalue weighted by atomic mass is 35.5. The molecule has 4 fully saturated rings. The molecule has 308 valence electrons. The van der Waals surface area contributed by atoms with E-state index in [1.807, 2.05) is 29.6 Å². The van der Waals surface area contributed by atoms with E-state index in [2.05, 4.69) is 47.9 Å². The third-order valence-electron chi connectivity index (χ3n) is 12.4. The molecule has 18 heteroatoms. The second kappa shape index (κ2) is 14.8. The van der Waals surface area contributed by atoms with E-state index in [1.54, 1.807) is 25.2 Å². The number of nitrogens with zero attached hydrogens (tertiary/aromatic N) is 9. The van der Waals surface area contributed by atoms with Crippen LogP contribution in [0.2, 0.25) is 5.02 Å². The summed E-state index contributed by atoms with van der Waals surface area (Å²) < 4.78 is 15.1. The summed E-state index contributed by atoms with van der Waals surface area (Å²) in [5.41, 5.74) is 7.43. The Labute approximate surface area is 349 Å². The number of halogens is 2. The van der Waals surface area contributed by atoms with Crippen LogP contribution in [0.1, 0.15) is 57.7 Å². The van der Waals surface area contributed by atoms with Gasteiger partial charge in [0.15, 0.2) is 17.2 Å². The number of rotatable bonds is 9. The molecule has 16 nitrogen and oxygen atoms in total. The van der Waals surface area contributed by atoms with Crippen LogP contribution in [-0.4, -0.2) is 117 Å². The molecule has 5 amide bonds. The smallest absolute Gasteiger partial charge is 0.328 e. The van der Waals surface area contributed by atoms with Crippen molar-refractivity contribution in [3.05, 3.63) is 88.6 Å². The van der Waals surface area contributed by atoms with Gasteiger partial charge < -0.3 is 20.4 Å². The first kappa shape index (κ1) is 38.0. The normalized spacial score (nSPS) is 20.9. The number of anilines is 4. The average Bonchev–Trinajstić information content (AvgIpc) is 3.55. The Morgan fingerprint density at radius 1 is 0.950 bits per heavy atom. The number of hydrogen-bond donors (Lipinski definition) is 3. The molecule has 4 aromatic heterocycles. The van der Waals surface area contributed by atoms with Gasteiger partial charge in [-0.1, -0.05) is 17.7 Å². The van der Waals surface area contributed by atoms with E-state index in [0.717, 1.165) is 67.0 Å². The number of pyridine rings is 2. The van der Waals surface area contributed by atoms with Crippen LogP contribution in [0.5, 0.6) is 0 Å². The summed E-state index contributed by atoms with van der Waals surface area (Å²) in [4.78, 5) is 72.3. The van der Waals surface area contributed by atoms with Crippen molar-refractivity contribution in [2.24, 2.45) is 5.41 Å². The van der Waals surface area contributed by atoms with E-state index in [0.29, 0.717) is 59.5 Å². The fourth-order valence-electron chi connectivity index (χ4n) is 9.04. The molecule has 5 aromatic rings. The Bertz CT molecular complexity index is 2570. The van der Waals surface area contributed by atoms with Gasteiger partial charge in [-0.05, 0) is 60.1 Å². The fraction of sp³-hybridized carbons (Fsp3) is 0.381. The number of amides is 5.